The summed E-state index contributed by atoms with van der Waals surface area (Å²) in [5.41, 5.74) is 1.32. The fourth-order valence-electron chi connectivity index (χ4n) is 2.47. The van der Waals surface area contributed by atoms with Crippen LogP contribution < -0.4 is 10.1 Å². The zero-order chi connectivity index (χ0) is 15.0. The maximum atomic E-state index is 5.83. The van der Waals surface area contributed by atoms with Crippen molar-refractivity contribution in [3.05, 3.63) is 78.4 Å². The number of rotatable bonds is 7. The molecule has 0 aromatic heterocycles. The van der Waals surface area contributed by atoms with Crippen molar-refractivity contribution in [3.8, 4) is 5.75 Å². The average Bonchev–Trinajstić information content (AvgIpc) is 2.59. The van der Waals surface area contributed by atoms with E-state index in [2.05, 4.69) is 66.0 Å². The summed E-state index contributed by atoms with van der Waals surface area (Å²) in [6, 6.07) is 25.1. The van der Waals surface area contributed by atoms with Crippen molar-refractivity contribution in [2.45, 2.75) is 13.0 Å². The number of fused-ring (bicyclic) bond motifs is 1. The van der Waals surface area contributed by atoms with Gasteiger partial charge in [-0.15, -0.1) is 0 Å². The predicted octanol–water partition coefficient (Wildman–Crippen LogP) is 4.40. The lowest BCUT2D eigenvalue weighted by atomic mass is 10.1. The van der Waals surface area contributed by atoms with E-state index in [1.54, 1.807) is 0 Å². The Morgan fingerprint density at radius 3 is 2.41 bits per heavy atom. The molecule has 0 aliphatic rings. The highest BCUT2D eigenvalue weighted by molar-refractivity contribution is 5.83. The number of hydrogen-bond donors (Lipinski definition) is 1. The van der Waals surface area contributed by atoms with E-state index in [-0.39, 0.29) is 0 Å². The van der Waals surface area contributed by atoms with Gasteiger partial charge in [-0.25, -0.2) is 0 Å². The molecule has 0 amide bonds. The molecule has 0 unspecified atom stereocenters. The van der Waals surface area contributed by atoms with Gasteiger partial charge in [0.2, 0.25) is 0 Å². The minimum absolute atomic E-state index is 0.736. The highest BCUT2D eigenvalue weighted by Crippen LogP contribution is 2.20. The first kappa shape index (κ1) is 14.6. The second-order valence-corrected chi connectivity index (χ2v) is 5.37. The molecule has 0 atom stereocenters. The monoisotopic (exact) mass is 291 g/mol. The van der Waals surface area contributed by atoms with E-state index in [0.717, 1.165) is 31.9 Å². The molecule has 0 fully saturated rings. The smallest absolute Gasteiger partial charge is 0.119 e. The van der Waals surface area contributed by atoms with Crippen molar-refractivity contribution in [1.29, 1.82) is 0 Å². The Hall–Kier alpha value is -2.32. The third-order valence-corrected chi connectivity index (χ3v) is 3.66. The summed E-state index contributed by atoms with van der Waals surface area (Å²) in [7, 11) is 0. The van der Waals surface area contributed by atoms with Gasteiger partial charge in [0, 0.05) is 6.54 Å². The van der Waals surface area contributed by atoms with E-state index in [0.29, 0.717) is 0 Å². The van der Waals surface area contributed by atoms with Crippen LogP contribution in [0.1, 0.15) is 12.0 Å². The molecule has 2 nitrogen and oxygen atoms in total. The third kappa shape index (κ3) is 4.09. The van der Waals surface area contributed by atoms with Crippen LogP contribution >= 0.6 is 0 Å². The summed E-state index contributed by atoms with van der Waals surface area (Å²) >= 11 is 0. The molecule has 0 saturated carbocycles. The molecule has 0 spiro atoms. The van der Waals surface area contributed by atoms with E-state index in [1.807, 2.05) is 12.1 Å². The first-order valence-electron chi connectivity index (χ1n) is 7.78. The Morgan fingerprint density at radius 1 is 0.773 bits per heavy atom. The summed E-state index contributed by atoms with van der Waals surface area (Å²) in [4.78, 5) is 0. The first-order valence-corrected chi connectivity index (χ1v) is 7.78. The molecule has 0 radical (unpaired) electrons. The molecular formula is C20H21NO. The molecule has 0 saturated heterocycles. The Labute approximate surface area is 131 Å². The van der Waals surface area contributed by atoms with Crippen molar-refractivity contribution in [1.82, 2.24) is 5.32 Å². The van der Waals surface area contributed by atoms with Crippen LogP contribution in [-0.2, 0) is 6.54 Å². The van der Waals surface area contributed by atoms with Crippen molar-refractivity contribution in [3.63, 3.8) is 0 Å². The van der Waals surface area contributed by atoms with Crippen LogP contribution in [0.15, 0.2) is 72.8 Å². The molecule has 22 heavy (non-hydrogen) atoms. The SMILES string of the molecule is c1ccc(CNCCCOc2ccc3ccccc3c2)cc1. The van der Waals surface area contributed by atoms with Gasteiger partial charge in [0.05, 0.1) is 6.61 Å². The van der Waals surface area contributed by atoms with Gasteiger partial charge in [-0.2, -0.15) is 0 Å². The van der Waals surface area contributed by atoms with E-state index in [4.69, 9.17) is 4.74 Å². The average molecular weight is 291 g/mol. The van der Waals surface area contributed by atoms with E-state index < -0.39 is 0 Å². The highest BCUT2D eigenvalue weighted by atomic mass is 16.5. The third-order valence-electron chi connectivity index (χ3n) is 3.66. The van der Waals surface area contributed by atoms with Crippen LogP contribution in [0.3, 0.4) is 0 Å². The maximum Gasteiger partial charge on any atom is 0.119 e. The Kier molecular flexibility index (Phi) is 5.06. The minimum atomic E-state index is 0.736. The van der Waals surface area contributed by atoms with Crippen LogP contribution in [0.5, 0.6) is 5.75 Å². The minimum Gasteiger partial charge on any atom is -0.494 e. The van der Waals surface area contributed by atoms with Crippen LogP contribution in [0, 0.1) is 0 Å². The van der Waals surface area contributed by atoms with Crippen LogP contribution in [0.2, 0.25) is 0 Å². The summed E-state index contributed by atoms with van der Waals surface area (Å²) in [6.07, 6.45) is 1.000. The van der Waals surface area contributed by atoms with Crippen molar-refractivity contribution in [2.24, 2.45) is 0 Å². The first-order chi connectivity index (χ1) is 10.9. The number of nitrogens with one attached hydrogen (secondary N) is 1. The molecule has 0 heterocycles. The van der Waals surface area contributed by atoms with Crippen molar-refractivity contribution < 1.29 is 4.74 Å². The van der Waals surface area contributed by atoms with E-state index in [1.165, 1.54) is 16.3 Å². The maximum absolute atomic E-state index is 5.83. The normalized spacial score (nSPS) is 10.7. The van der Waals surface area contributed by atoms with Crippen LogP contribution in [-0.4, -0.2) is 13.2 Å². The zero-order valence-corrected chi connectivity index (χ0v) is 12.7. The van der Waals surface area contributed by atoms with Gasteiger partial charge in [-0.1, -0.05) is 60.7 Å². The van der Waals surface area contributed by atoms with Crippen molar-refractivity contribution >= 4 is 10.8 Å². The van der Waals surface area contributed by atoms with Crippen molar-refractivity contribution in [2.75, 3.05) is 13.2 Å². The number of benzene rings is 3. The molecule has 3 rings (SSSR count). The van der Waals surface area contributed by atoms with E-state index in [9.17, 15) is 0 Å². The van der Waals surface area contributed by atoms with Gasteiger partial charge < -0.3 is 10.1 Å². The van der Waals surface area contributed by atoms with Gasteiger partial charge in [0.25, 0.3) is 0 Å². The topological polar surface area (TPSA) is 21.3 Å². The molecule has 2 heteroatoms. The highest BCUT2D eigenvalue weighted by Gasteiger charge is 1.97. The van der Waals surface area contributed by atoms with Crippen LogP contribution in [0.25, 0.3) is 10.8 Å². The fourth-order valence-corrected chi connectivity index (χ4v) is 2.47. The molecule has 0 aliphatic carbocycles. The lowest BCUT2D eigenvalue weighted by Crippen LogP contribution is -2.16. The quantitative estimate of drug-likeness (QED) is 0.651. The second kappa shape index (κ2) is 7.62. The van der Waals surface area contributed by atoms with Gasteiger partial charge in [0.1, 0.15) is 5.75 Å². The molecule has 0 bridgehead atoms. The summed E-state index contributed by atoms with van der Waals surface area (Å²) in [5.74, 6) is 0.946. The number of hydrogen-bond acceptors (Lipinski definition) is 2. The summed E-state index contributed by atoms with van der Waals surface area (Å²) < 4.78 is 5.83. The van der Waals surface area contributed by atoms with Crippen LogP contribution in [0.4, 0.5) is 0 Å². The van der Waals surface area contributed by atoms with Gasteiger partial charge in [0.15, 0.2) is 0 Å². The lowest BCUT2D eigenvalue weighted by Gasteiger charge is -2.08. The lowest BCUT2D eigenvalue weighted by molar-refractivity contribution is 0.308. The molecule has 0 aliphatic heterocycles. The fraction of sp³-hybridized carbons (Fsp3) is 0.200. The molecule has 1 N–H and O–H groups in total. The second-order valence-electron chi connectivity index (χ2n) is 5.37. The largest absolute Gasteiger partial charge is 0.494 e. The molecule has 3 aromatic rings. The Balaban J connectivity index is 1.39. The summed E-state index contributed by atoms with van der Waals surface area (Å²) in [6.45, 7) is 2.61. The molecular weight excluding hydrogens is 270 g/mol. The molecule has 112 valence electrons. The standard InChI is InChI=1S/C20H21NO/c1-2-7-17(8-3-1)16-21-13-6-14-22-20-12-11-18-9-4-5-10-19(18)15-20/h1-5,7-12,15,21H,6,13-14,16H2. The van der Waals surface area contributed by atoms with E-state index >= 15 is 0 Å². The van der Waals surface area contributed by atoms with Gasteiger partial charge in [-0.05, 0) is 41.4 Å². The van der Waals surface area contributed by atoms with Gasteiger partial charge >= 0.3 is 0 Å². The predicted molar refractivity (Wildman–Crippen MR) is 92.2 cm³/mol. The zero-order valence-electron chi connectivity index (χ0n) is 12.7. The molecule has 3 aromatic carbocycles. The van der Waals surface area contributed by atoms with Gasteiger partial charge in [-0.3, -0.25) is 0 Å². The number of ether oxygens (including phenoxy) is 1. The Morgan fingerprint density at radius 2 is 1.55 bits per heavy atom. The summed E-state index contributed by atoms with van der Waals surface area (Å²) in [5, 5.41) is 5.91. The Bertz CT molecular complexity index is 709.